The van der Waals surface area contributed by atoms with E-state index in [0.717, 1.165) is 39.5 Å². The molecule has 0 unspecified atom stereocenters. The largest absolute Gasteiger partial charge is 0.497 e. The van der Waals surface area contributed by atoms with Crippen molar-refractivity contribution in [3.8, 4) is 28.4 Å². The van der Waals surface area contributed by atoms with Gasteiger partial charge in [0.05, 0.1) is 30.4 Å². The monoisotopic (exact) mass is 365 g/mol. The minimum absolute atomic E-state index is 0.844. The van der Waals surface area contributed by atoms with E-state index in [0.29, 0.717) is 0 Å². The summed E-state index contributed by atoms with van der Waals surface area (Å²) in [6, 6.07) is 32.5. The van der Waals surface area contributed by atoms with Crippen LogP contribution >= 0.6 is 0 Å². The van der Waals surface area contributed by atoms with E-state index in [1.807, 2.05) is 60.7 Å². The van der Waals surface area contributed by atoms with E-state index < -0.39 is 0 Å². The first-order chi connectivity index (χ1) is 13.8. The molecule has 0 aliphatic carbocycles. The van der Waals surface area contributed by atoms with Crippen molar-refractivity contribution in [2.75, 3.05) is 7.11 Å². The molecule has 0 fully saturated rings. The maximum atomic E-state index is 6.22. The van der Waals surface area contributed by atoms with Gasteiger partial charge in [-0.1, -0.05) is 60.7 Å². The molecule has 0 saturated carbocycles. The van der Waals surface area contributed by atoms with Gasteiger partial charge in [-0.2, -0.15) is 0 Å². The second kappa shape index (κ2) is 8.36. The highest BCUT2D eigenvalue weighted by Crippen LogP contribution is 2.29. The Hall–Kier alpha value is -3.65. The van der Waals surface area contributed by atoms with Crippen LogP contribution in [0, 0.1) is 0 Å². The lowest BCUT2D eigenvalue weighted by Gasteiger charge is -2.00. The minimum atomic E-state index is 0.844. The fraction of sp³-hybridized carbons (Fsp3) is 0.0385. The first-order valence-electron chi connectivity index (χ1n) is 9.23. The van der Waals surface area contributed by atoms with E-state index in [2.05, 4.69) is 48.6 Å². The summed E-state index contributed by atoms with van der Waals surface area (Å²) in [4.78, 5) is 0. The SMILES string of the molecule is COc1ccc(C=Cc2cc(-c3ccccc3)[o+]c(-c3ccccc3)c2)cc1. The van der Waals surface area contributed by atoms with Gasteiger partial charge in [0.2, 0.25) is 0 Å². The Labute approximate surface area is 165 Å². The van der Waals surface area contributed by atoms with E-state index in [9.17, 15) is 0 Å². The molecule has 1 heterocycles. The van der Waals surface area contributed by atoms with Gasteiger partial charge in [0.25, 0.3) is 0 Å². The Bertz CT molecular complexity index is 1010. The number of hydrogen-bond donors (Lipinski definition) is 0. The maximum Gasteiger partial charge on any atom is 0.361 e. The molecule has 0 N–H and O–H groups in total. The summed E-state index contributed by atoms with van der Waals surface area (Å²) in [7, 11) is 1.68. The van der Waals surface area contributed by atoms with Crippen molar-refractivity contribution in [1.29, 1.82) is 0 Å². The van der Waals surface area contributed by atoms with E-state index >= 15 is 0 Å². The van der Waals surface area contributed by atoms with Crippen LogP contribution in [0.15, 0.2) is 101 Å². The van der Waals surface area contributed by atoms with Crippen LogP contribution in [0.2, 0.25) is 0 Å². The van der Waals surface area contributed by atoms with Crippen molar-refractivity contribution in [1.82, 2.24) is 0 Å². The van der Waals surface area contributed by atoms with Crippen LogP contribution in [0.4, 0.5) is 0 Å². The van der Waals surface area contributed by atoms with Gasteiger partial charge in [0.15, 0.2) is 0 Å². The van der Waals surface area contributed by atoms with Crippen LogP contribution in [0.1, 0.15) is 11.1 Å². The van der Waals surface area contributed by atoms with Crippen molar-refractivity contribution in [3.63, 3.8) is 0 Å². The highest BCUT2D eigenvalue weighted by molar-refractivity contribution is 5.74. The van der Waals surface area contributed by atoms with Crippen LogP contribution in [0.25, 0.3) is 34.8 Å². The van der Waals surface area contributed by atoms with Gasteiger partial charge in [-0.3, -0.25) is 0 Å². The summed E-state index contributed by atoms with van der Waals surface area (Å²) < 4.78 is 11.4. The zero-order chi connectivity index (χ0) is 19.2. The van der Waals surface area contributed by atoms with Crippen molar-refractivity contribution < 1.29 is 9.15 Å². The molecule has 0 radical (unpaired) electrons. The molecule has 4 aromatic rings. The summed E-state index contributed by atoms with van der Waals surface area (Å²) in [5, 5.41) is 0. The predicted molar refractivity (Wildman–Crippen MR) is 116 cm³/mol. The van der Waals surface area contributed by atoms with E-state index in [1.165, 1.54) is 0 Å². The molecule has 28 heavy (non-hydrogen) atoms. The second-order valence-corrected chi connectivity index (χ2v) is 6.46. The Morgan fingerprint density at radius 3 is 1.61 bits per heavy atom. The summed E-state index contributed by atoms with van der Waals surface area (Å²) in [5.74, 6) is 2.54. The van der Waals surface area contributed by atoms with Gasteiger partial charge in [0.1, 0.15) is 5.75 Å². The zero-order valence-corrected chi connectivity index (χ0v) is 15.7. The first-order valence-corrected chi connectivity index (χ1v) is 9.23. The van der Waals surface area contributed by atoms with Crippen LogP contribution in [-0.2, 0) is 0 Å². The average molecular weight is 365 g/mol. The molecule has 0 saturated heterocycles. The van der Waals surface area contributed by atoms with Crippen molar-refractivity contribution in [2.45, 2.75) is 0 Å². The third-order valence-corrected chi connectivity index (χ3v) is 4.52. The zero-order valence-electron chi connectivity index (χ0n) is 15.7. The normalized spacial score (nSPS) is 10.9. The minimum Gasteiger partial charge on any atom is -0.497 e. The van der Waals surface area contributed by atoms with E-state index in [4.69, 9.17) is 9.15 Å². The molecule has 0 amide bonds. The molecule has 0 aliphatic heterocycles. The number of hydrogen-bond acceptors (Lipinski definition) is 1. The van der Waals surface area contributed by atoms with Crippen LogP contribution in [-0.4, -0.2) is 7.11 Å². The van der Waals surface area contributed by atoms with Crippen LogP contribution < -0.4 is 4.74 Å². The lowest BCUT2D eigenvalue weighted by Crippen LogP contribution is -1.85. The summed E-state index contributed by atoms with van der Waals surface area (Å²) >= 11 is 0. The Morgan fingerprint density at radius 2 is 1.11 bits per heavy atom. The maximum absolute atomic E-state index is 6.22. The van der Waals surface area contributed by atoms with Crippen molar-refractivity contribution >= 4 is 12.2 Å². The molecule has 0 bridgehead atoms. The highest BCUT2D eigenvalue weighted by Gasteiger charge is 2.18. The highest BCUT2D eigenvalue weighted by atomic mass is 16.5. The smallest absolute Gasteiger partial charge is 0.361 e. The Kier molecular flexibility index (Phi) is 5.30. The topological polar surface area (TPSA) is 20.5 Å². The van der Waals surface area contributed by atoms with Gasteiger partial charge < -0.3 is 4.74 Å². The van der Waals surface area contributed by atoms with Crippen molar-refractivity contribution in [3.05, 3.63) is 108 Å². The molecular weight excluding hydrogens is 344 g/mol. The summed E-state index contributed by atoms with van der Waals surface area (Å²) in [6.45, 7) is 0. The molecular formula is C26H21O2+. The van der Waals surface area contributed by atoms with Crippen LogP contribution in [0.3, 0.4) is 0 Å². The number of ether oxygens (including phenoxy) is 1. The number of methoxy groups -OCH3 is 1. The standard InChI is InChI=1S/C26H21O2/c1-27-24-16-14-20(15-17-24)12-13-21-18-25(22-8-4-2-5-9-22)28-26(19-21)23-10-6-3-7-11-23/h2-19H,1H3/q+1. The molecule has 2 heteroatoms. The second-order valence-electron chi connectivity index (χ2n) is 6.46. The molecule has 4 rings (SSSR count). The first kappa shape index (κ1) is 17.7. The van der Waals surface area contributed by atoms with E-state index in [-0.39, 0.29) is 0 Å². The fourth-order valence-corrected chi connectivity index (χ4v) is 3.01. The van der Waals surface area contributed by atoms with Gasteiger partial charge in [-0.15, -0.1) is 0 Å². The van der Waals surface area contributed by atoms with E-state index in [1.54, 1.807) is 7.11 Å². The van der Waals surface area contributed by atoms with Gasteiger partial charge in [-0.05, 0) is 47.5 Å². The third-order valence-electron chi connectivity index (χ3n) is 4.52. The Morgan fingerprint density at radius 1 is 0.607 bits per heavy atom. The summed E-state index contributed by atoms with van der Waals surface area (Å²) in [5.41, 5.74) is 4.31. The predicted octanol–water partition coefficient (Wildman–Crippen LogP) is 7.07. The van der Waals surface area contributed by atoms with Gasteiger partial charge >= 0.3 is 11.5 Å². The molecule has 3 aromatic carbocycles. The quantitative estimate of drug-likeness (QED) is 0.352. The van der Waals surface area contributed by atoms with Gasteiger partial charge in [0, 0.05) is 0 Å². The number of benzene rings is 3. The molecule has 0 aliphatic rings. The Balaban J connectivity index is 1.74. The fourth-order valence-electron chi connectivity index (χ4n) is 3.01. The molecule has 136 valence electrons. The van der Waals surface area contributed by atoms with Crippen LogP contribution in [0.5, 0.6) is 5.75 Å². The van der Waals surface area contributed by atoms with Gasteiger partial charge in [-0.25, -0.2) is 4.42 Å². The summed E-state index contributed by atoms with van der Waals surface area (Å²) in [6.07, 6.45) is 4.20. The molecule has 1 aromatic heterocycles. The third kappa shape index (κ3) is 4.18. The number of rotatable bonds is 5. The van der Waals surface area contributed by atoms with Crippen molar-refractivity contribution in [2.24, 2.45) is 0 Å². The molecule has 0 atom stereocenters. The lowest BCUT2D eigenvalue weighted by molar-refractivity contribution is 0.415. The molecule has 2 nitrogen and oxygen atoms in total. The lowest BCUT2D eigenvalue weighted by atomic mass is 10.1. The molecule has 0 spiro atoms. The average Bonchev–Trinajstić information content (AvgIpc) is 2.79.